The van der Waals surface area contributed by atoms with Gasteiger partial charge in [0, 0.05) is 18.4 Å². The van der Waals surface area contributed by atoms with Crippen molar-refractivity contribution < 1.29 is 4.79 Å². The van der Waals surface area contributed by atoms with Gasteiger partial charge in [-0.25, -0.2) is 4.98 Å². The fourth-order valence-corrected chi connectivity index (χ4v) is 4.03. The lowest BCUT2D eigenvalue weighted by Gasteiger charge is -2.31. The number of ketones is 1. The van der Waals surface area contributed by atoms with E-state index in [-0.39, 0.29) is 11.3 Å². The largest absolute Gasteiger partial charge is 0.379 e. The Morgan fingerprint density at radius 3 is 2.76 bits per heavy atom. The van der Waals surface area contributed by atoms with Gasteiger partial charge in [-0.15, -0.1) is 0 Å². The van der Waals surface area contributed by atoms with Gasteiger partial charge in [0.15, 0.2) is 11.0 Å². The summed E-state index contributed by atoms with van der Waals surface area (Å²) in [7, 11) is 0. The van der Waals surface area contributed by atoms with Crippen LogP contribution < -0.4 is 5.73 Å². The zero-order chi connectivity index (χ0) is 18.0. The Kier molecular flexibility index (Phi) is 4.90. The van der Waals surface area contributed by atoms with Crippen LogP contribution in [0.15, 0.2) is 35.6 Å². The summed E-state index contributed by atoms with van der Waals surface area (Å²) in [5.41, 5.74) is 10.1. The van der Waals surface area contributed by atoms with Gasteiger partial charge in [0.1, 0.15) is 5.69 Å². The molecule has 1 atom stereocenters. The van der Waals surface area contributed by atoms with Crippen LogP contribution in [0.3, 0.4) is 0 Å². The summed E-state index contributed by atoms with van der Waals surface area (Å²) in [6.07, 6.45) is 4.39. The van der Waals surface area contributed by atoms with Crippen molar-refractivity contribution in [3.63, 3.8) is 0 Å². The number of carbonyl (C=O) groups is 1. The maximum Gasteiger partial charge on any atom is 0.187 e. The van der Waals surface area contributed by atoms with Gasteiger partial charge in [-0.2, -0.15) is 0 Å². The van der Waals surface area contributed by atoms with Crippen molar-refractivity contribution >= 4 is 22.7 Å². The van der Waals surface area contributed by atoms with E-state index in [1.54, 1.807) is 18.0 Å². The van der Waals surface area contributed by atoms with E-state index in [2.05, 4.69) is 40.9 Å². The van der Waals surface area contributed by atoms with Crippen LogP contribution in [0.4, 0.5) is 0 Å². The maximum absolute atomic E-state index is 12.5. The number of aromatic nitrogens is 2. The Morgan fingerprint density at radius 2 is 2.08 bits per heavy atom. The van der Waals surface area contributed by atoms with E-state index in [4.69, 9.17) is 5.73 Å². The molecule has 3 rings (SSSR count). The molecule has 0 spiro atoms. The first-order valence-corrected chi connectivity index (χ1v) is 9.26. The molecule has 0 bridgehead atoms. The van der Waals surface area contributed by atoms with Crippen LogP contribution in [0.5, 0.6) is 0 Å². The lowest BCUT2D eigenvalue weighted by Crippen LogP contribution is -2.29. The molecule has 1 unspecified atom stereocenters. The summed E-state index contributed by atoms with van der Waals surface area (Å²) in [6.45, 7) is 6.03. The predicted octanol–water partition coefficient (Wildman–Crippen LogP) is 3.19. The molecule has 130 valence electrons. The van der Waals surface area contributed by atoms with Crippen LogP contribution >= 0.6 is 11.8 Å². The molecular formula is C19H22N4OS. The Bertz CT molecular complexity index is 832. The fourth-order valence-electron chi connectivity index (χ4n) is 3.05. The topological polar surface area (TPSA) is 81.2 Å². The van der Waals surface area contributed by atoms with Crippen molar-refractivity contribution in [1.82, 2.24) is 9.97 Å². The van der Waals surface area contributed by atoms with Crippen LogP contribution in [0, 0.1) is 13.8 Å². The van der Waals surface area contributed by atoms with Gasteiger partial charge in [0.25, 0.3) is 0 Å². The standard InChI is InChI=1S/C19H22N4OS/c1-12-4-5-14(9-17(24)16-11-21-13(2)10-22-16)8-15(12)19(3)6-7-25-18(20)23-19/h4-5,8,10-11H,6-7,9H2,1-3H3,(H2,20,23). The highest BCUT2D eigenvalue weighted by Crippen LogP contribution is 2.37. The summed E-state index contributed by atoms with van der Waals surface area (Å²) in [5, 5.41) is 0.629. The van der Waals surface area contributed by atoms with E-state index >= 15 is 0 Å². The second-order valence-corrected chi connectivity index (χ2v) is 7.73. The first-order chi connectivity index (χ1) is 11.9. The zero-order valence-electron chi connectivity index (χ0n) is 14.7. The molecule has 2 N–H and O–H groups in total. The van der Waals surface area contributed by atoms with E-state index in [0.29, 0.717) is 17.3 Å². The molecule has 0 saturated heterocycles. The van der Waals surface area contributed by atoms with Crippen molar-refractivity contribution in [2.75, 3.05) is 5.75 Å². The molecule has 6 heteroatoms. The highest BCUT2D eigenvalue weighted by Gasteiger charge is 2.31. The van der Waals surface area contributed by atoms with E-state index in [9.17, 15) is 4.79 Å². The molecule has 2 aromatic rings. The number of hydrogen-bond acceptors (Lipinski definition) is 6. The molecule has 0 fully saturated rings. The van der Waals surface area contributed by atoms with Crippen LogP contribution in [-0.4, -0.2) is 26.7 Å². The predicted molar refractivity (Wildman–Crippen MR) is 102 cm³/mol. The van der Waals surface area contributed by atoms with E-state index in [1.807, 2.05) is 13.0 Å². The van der Waals surface area contributed by atoms with Gasteiger partial charge in [-0.05, 0) is 43.9 Å². The summed E-state index contributed by atoms with van der Waals surface area (Å²) >= 11 is 1.59. The first-order valence-electron chi connectivity index (χ1n) is 8.27. The summed E-state index contributed by atoms with van der Waals surface area (Å²) in [5.74, 6) is 0.919. The Balaban J connectivity index is 1.88. The van der Waals surface area contributed by atoms with Gasteiger partial charge in [0.05, 0.1) is 17.4 Å². The quantitative estimate of drug-likeness (QED) is 0.853. The molecule has 2 heterocycles. The number of nitrogens with zero attached hydrogens (tertiary/aromatic N) is 3. The number of aliphatic imine (C=N–C) groups is 1. The van der Waals surface area contributed by atoms with Gasteiger partial charge >= 0.3 is 0 Å². The molecule has 0 radical (unpaired) electrons. The van der Waals surface area contributed by atoms with Crippen LogP contribution in [0.1, 0.15) is 46.2 Å². The molecular weight excluding hydrogens is 332 g/mol. The SMILES string of the molecule is Cc1cnc(C(=O)Cc2ccc(C)c(C3(C)CCSC(N)=N3)c2)cn1. The molecule has 25 heavy (non-hydrogen) atoms. The second kappa shape index (κ2) is 6.96. The summed E-state index contributed by atoms with van der Waals surface area (Å²) in [4.78, 5) is 25.5. The third-order valence-corrected chi connectivity index (χ3v) is 5.30. The molecule has 1 aromatic heterocycles. The van der Waals surface area contributed by atoms with Crippen LogP contribution in [-0.2, 0) is 12.0 Å². The Labute approximate surface area is 152 Å². The van der Waals surface area contributed by atoms with Gasteiger partial charge < -0.3 is 5.73 Å². The number of rotatable bonds is 4. The third kappa shape index (κ3) is 3.90. The summed E-state index contributed by atoms with van der Waals surface area (Å²) < 4.78 is 0. The van der Waals surface area contributed by atoms with Gasteiger partial charge in [0.2, 0.25) is 0 Å². The number of carbonyl (C=O) groups excluding carboxylic acids is 1. The van der Waals surface area contributed by atoms with Crippen molar-refractivity contribution in [2.24, 2.45) is 10.7 Å². The fraction of sp³-hybridized carbons (Fsp3) is 0.368. The minimum atomic E-state index is -0.331. The summed E-state index contributed by atoms with van der Waals surface area (Å²) in [6, 6.07) is 6.13. The monoisotopic (exact) mass is 354 g/mol. The number of aryl methyl sites for hydroxylation is 2. The molecule has 0 amide bonds. The first kappa shape index (κ1) is 17.6. The highest BCUT2D eigenvalue weighted by atomic mass is 32.2. The Morgan fingerprint density at radius 1 is 1.28 bits per heavy atom. The van der Waals surface area contributed by atoms with E-state index in [1.165, 1.54) is 6.20 Å². The number of Topliss-reactive ketones (excluding diaryl/α,β-unsaturated/α-hetero) is 1. The molecule has 1 aliphatic rings. The Hall–Kier alpha value is -2.21. The lowest BCUT2D eigenvalue weighted by molar-refractivity contribution is 0.0987. The normalized spacial score (nSPS) is 20.2. The van der Waals surface area contributed by atoms with Gasteiger partial charge in [-0.3, -0.25) is 14.8 Å². The number of hydrogen-bond donors (Lipinski definition) is 1. The number of thioether (sulfide) groups is 1. The highest BCUT2D eigenvalue weighted by molar-refractivity contribution is 8.13. The smallest absolute Gasteiger partial charge is 0.187 e. The van der Waals surface area contributed by atoms with Crippen molar-refractivity contribution in [2.45, 2.75) is 39.2 Å². The average Bonchev–Trinajstić information content (AvgIpc) is 2.57. The molecule has 5 nitrogen and oxygen atoms in total. The second-order valence-electron chi connectivity index (χ2n) is 6.61. The van der Waals surface area contributed by atoms with E-state index in [0.717, 1.165) is 34.6 Å². The van der Waals surface area contributed by atoms with Crippen LogP contribution in [0.25, 0.3) is 0 Å². The minimum absolute atomic E-state index is 0.0327. The van der Waals surface area contributed by atoms with Gasteiger partial charge in [-0.1, -0.05) is 30.0 Å². The van der Waals surface area contributed by atoms with Crippen molar-refractivity contribution in [1.29, 1.82) is 0 Å². The maximum atomic E-state index is 12.5. The number of nitrogens with two attached hydrogens (primary N) is 1. The number of amidine groups is 1. The lowest BCUT2D eigenvalue weighted by atomic mass is 9.85. The average molecular weight is 354 g/mol. The molecule has 0 aliphatic carbocycles. The third-order valence-electron chi connectivity index (χ3n) is 4.51. The molecule has 0 saturated carbocycles. The van der Waals surface area contributed by atoms with E-state index < -0.39 is 0 Å². The van der Waals surface area contributed by atoms with Crippen LogP contribution in [0.2, 0.25) is 0 Å². The molecule has 1 aromatic carbocycles. The minimum Gasteiger partial charge on any atom is -0.379 e. The molecule has 1 aliphatic heterocycles. The van der Waals surface area contributed by atoms with Crippen molar-refractivity contribution in [3.05, 3.63) is 58.7 Å². The van der Waals surface area contributed by atoms with Crippen molar-refractivity contribution in [3.8, 4) is 0 Å². The zero-order valence-corrected chi connectivity index (χ0v) is 15.6. The number of benzene rings is 1.